The molecule has 0 aromatic carbocycles. The van der Waals surface area contributed by atoms with E-state index in [9.17, 15) is 4.79 Å². The first-order valence-corrected chi connectivity index (χ1v) is 6.83. The Labute approximate surface area is 108 Å². The fraction of sp³-hybridized carbons (Fsp3) is 0.643. The summed E-state index contributed by atoms with van der Waals surface area (Å²) in [6, 6.07) is 1.86. The first kappa shape index (κ1) is 13.1. The second-order valence-electron chi connectivity index (χ2n) is 5.22. The number of nitrogens with two attached hydrogens (primary N) is 1. The van der Waals surface area contributed by atoms with Crippen LogP contribution < -0.4 is 11.3 Å². The molecule has 2 rings (SSSR count). The minimum atomic E-state index is -0.00518. The summed E-state index contributed by atoms with van der Waals surface area (Å²) in [6.45, 7) is 4.90. The molecule has 4 heteroatoms. The summed E-state index contributed by atoms with van der Waals surface area (Å²) in [4.78, 5) is 14.4. The fourth-order valence-electron chi connectivity index (χ4n) is 2.64. The normalized spacial score (nSPS) is 15.7. The fourth-order valence-corrected chi connectivity index (χ4v) is 2.64. The zero-order chi connectivity index (χ0) is 13.1. The van der Waals surface area contributed by atoms with Gasteiger partial charge in [0.25, 0.3) is 5.56 Å². The van der Waals surface area contributed by atoms with Crippen LogP contribution >= 0.6 is 0 Å². The second-order valence-corrected chi connectivity index (χ2v) is 5.22. The lowest BCUT2D eigenvalue weighted by atomic mass is 10.0. The van der Waals surface area contributed by atoms with Crippen LogP contribution in [0, 0.1) is 0 Å². The predicted molar refractivity (Wildman–Crippen MR) is 74.7 cm³/mol. The molecule has 1 aliphatic rings. The molecule has 18 heavy (non-hydrogen) atoms. The number of nitrogens with zero attached hydrogens (tertiary/aromatic N) is 2. The number of likely N-dealkylation sites (N-methyl/N-ethyl adjacent to an activating group) is 1. The third kappa shape index (κ3) is 2.58. The van der Waals surface area contributed by atoms with Gasteiger partial charge in [-0.15, -0.1) is 0 Å². The van der Waals surface area contributed by atoms with Crippen molar-refractivity contribution < 1.29 is 0 Å². The molecule has 100 valence electrons. The maximum Gasteiger partial charge on any atom is 0.273 e. The summed E-state index contributed by atoms with van der Waals surface area (Å²) >= 11 is 0. The van der Waals surface area contributed by atoms with Gasteiger partial charge in [-0.25, -0.2) is 0 Å². The van der Waals surface area contributed by atoms with Gasteiger partial charge in [0.15, 0.2) is 0 Å². The molecule has 0 atom stereocenters. The lowest BCUT2D eigenvalue weighted by Gasteiger charge is -2.27. The molecule has 2 N–H and O–H groups in total. The lowest BCUT2D eigenvalue weighted by Crippen LogP contribution is -2.34. The molecule has 0 aliphatic carbocycles. The molecule has 0 amide bonds. The van der Waals surface area contributed by atoms with Crippen molar-refractivity contribution in [3.8, 4) is 0 Å². The number of aromatic nitrogens is 1. The van der Waals surface area contributed by atoms with Crippen molar-refractivity contribution in [1.29, 1.82) is 0 Å². The lowest BCUT2D eigenvalue weighted by molar-refractivity contribution is 0.303. The summed E-state index contributed by atoms with van der Waals surface area (Å²) < 4.78 is 1.91. The SMILES string of the molecule is CCCCCn1c2c(cc(N)c1=O)CN(C)CC2. The van der Waals surface area contributed by atoms with Gasteiger partial charge in [0.05, 0.1) is 5.69 Å². The van der Waals surface area contributed by atoms with Crippen LogP contribution in [0.2, 0.25) is 0 Å². The molecular weight excluding hydrogens is 226 g/mol. The molecule has 0 radical (unpaired) electrons. The monoisotopic (exact) mass is 249 g/mol. The van der Waals surface area contributed by atoms with Crippen LogP contribution in [0.1, 0.15) is 37.4 Å². The molecule has 0 bridgehead atoms. The first-order valence-electron chi connectivity index (χ1n) is 6.83. The molecular formula is C14H23N3O. The molecule has 1 aromatic heterocycles. The van der Waals surface area contributed by atoms with Crippen molar-refractivity contribution in [2.45, 2.75) is 45.7 Å². The van der Waals surface area contributed by atoms with Gasteiger partial charge < -0.3 is 15.2 Å². The first-order chi connectivity index (χ1) is 8.63. The predicted octanol–water partition coefficient (Wildman–Crippen LogP) is 1.61. The molecule has 0 spiro atoms. The van der Waals surface area contributed by atoms with E-state index in [0.717, 1.165) is 38.9 Å². The smallest absolute Gasteiger partial charge is 0.273 e. The Bertz CT molecular complexity index is 479. The summed E-state index contributed by atoms with van der Waals surface area (Å²) in [5.74, 6) is 0. The molecule has 0 saturated carbocycles. The van der Waals surface area contributed by atoms with E-state index < -0.39 is 0 Å². The van der Waals surface area contributed by atoms with Crippen LogP contribution in [-0.2, 0) is 19.5 Å². The van der Waals surface area contributed by atoms with Crippen molar-refractivity contribution in [1.82, 2.24) is 9.47 Å². The van der Waals surface area contributed by atoms with E-state index in [2.05, 4.69) is 18.9 Å². The van der Waals surface area contributed by atoms with Crippen LogP contribution in [0.5, 0.6) is 0 Å². The quantitative estimate of drug-likeness (QED) is 0.825. The molecule has 4 nitrogen and oxygen atoms in total. The summed E-state index contributed by atoms with van der Waals surface area (Å²) in [6.07, 6.45) is 4.34. The molecule has 0 saturated heterocycles. The van der Waals surface area contributed by atoms with E-state index in [-0.39, 0.29) is 5.56 Å². The van der Waals surface area contributed by atoms with Gasteiger partial charge >= 0.3 is 0 Å². The minimum absolute atomic E-state index is 0.00518. The highest BCUT2D eigenvalue weighted by molar-refractivity contribution is 5.42. The molecule has 0 fully saturated rings. The number of rotatable bonds is 4. The maximum absolute atomic E-state index is 12.1. The van der Waals surface area contributed by atoms with E-state index in [1.807, 2.05) is 10.6 Å². The highest BCUT2D eigenvalue weighted by atomic mass is 16.1. The van der Waals surface area contributed by atoms with Crippen molar-refractivity contribution in [3.63, 3.8) is 0 Å². The third-order valence-corrected chi connectivity index (χ3v) is 3.67. The van der Waals surface area contributed by atoms with Gasteiger partial charge in [-0.3, -0.25) is 4.79 Å². The Morgan fingerprint density at radius 2 is 2.17 bits per heavy atom. The van der Waals surface area contributed by atoms with Crippen molar-refractivity contribution in [2.75, 3.05) is 19.3 Å². The van der Waals surface area contributed by atoms with Crippen molar-refractivity contribution in [3.05, 3.63) is 27.7 Å². The van der Waals surface area contributed by atoms with E-state index in [1.165, 1.54) is 17.7 Å². The third-order valence-electron chi connectivity index (χ3n) is 3.67. The maximum atomic E-state index is 12.1. The molecule has 1 aliphatic heterocycles. The van der Waals surface area contributed by atoms with Gasteiger partial charge in [0.2, 0.25) is 0 Å². The van der Waals surface area contributed by atoms with Gasteiger partial charge in [0.1, 0.15) is 0 Å². The average Bonchev–Trinajstić information content (AvgIpc) is 2.34. The standard InChI is InChI=1S/C14H23N3O/c1-3-4-5-7-17-13-6-8-16(2)10-11(13)9-12(15)14(17)18/h9H,3-8,10,15H2,1-2H3. The Balaban J connectivity index is 2.34. The number of fused-ring (bicyclic) bond motifs is 1. The minimum Gasteiger partial charge on any atom is -0.394 e. The number of anilines is 1. The Hall–Kier alpha value is -1.29. The Morgan fingerprint density at radius 3 is 2.89 bits per heavy atom. The van der Waals surface area contributed by atoms with E-state index >= 15 is 0 Å². The van der Waals surface area contributed by atoms with Gasteiger partial charge in [-0.05, 0) is 25.1 Å². The second kappa shape index (κ2) is 5.57. The van der Waals surface area contributed by atoms with Gasteiger partial charge in [0, 0.05) is 31.7 Å². The van der Waals surface area contributed by atoms with Crippen molar-refractivity contribution in [2.24, 2.45) is 0 Å². The topological polar surface area (TPSA) is 51.3 Å². The van der Waals surface area contributed by atoms with Crippen LogP contribution in [0.3, 0.4) is 0 Å². The molecule has 1 aromatic rings. The number of unbranched alkanes of at least 4 members (excludes halogenated alkanes) is 2. The van der Waals surface area contributed by atoms with Gasteiger partial charge in [-0.1, -0.05) is 19.8 Å². The summed E-state index contributed by atoms with van der Waals surface area (Å²) in [7, 11) is 2.10. The molecule has 0 unspecified atom stereocenters. The molecule has 2 heterocycles. The number of hydrogen-bond acceptors (Lipinski definition) is 3. The zero-order valence-electron chi connectivity index (χ0n) is 11.4. The summed E-state index contributed by atoms with van der Waals surface area (Å²) in [5, 5.41) is 0. The Kier molecular flexibility index (Phi) is 4.07. The highest BCUT2D eigenvalue weighted by Crippen LogP contribution is 2.18. The average molecular weight is 249 g/mol. The van der Waals surface area contributed by atoms with Crippen LogP contribution in [0.15, 0.2) is 10.9 Å². The summed E-state index contributed by atoms with van der Waals surface area (Å²) in [5.41, 5.74) is 8.64. The van der Waals surface area contributed by atoms with Crippen LogP contribution in [0.25, 0.3) is 0 Å². The van der Waals surface area contributed by atoms with E-state index in [4.69, 9.17) is 5.73 Å². The van der Waals surface area contributed by atoms with E-state index in [0.29, 0.717) is 5.69 Å². The largest absolute Gasteiger partial charge is 0.394 e. The van der Waals surface area contributed by atoms with Crippen LogP contribution in [-0.4, -0.2) is 23.1 Å². The van der Waals surface area contributed by atoms with E-state index in [1.54, 1.807) is 0 Å². The zero-order valence-corrected chi connectivity index (χ0v) is 11.4. The van der Waals surface area contributed by atoms with Crippen LogP contribution in [0.4, 0.5) is 5.69 Å². The van der Waals surface area contributed by atoms with Crippen molar-refractivity contribution >= 4 is 5.69 Å². The number of hydrogen-bond donors (Lipinski definition) is 1. The highest BCUT2D eigenvalue weighted by Gasteiger charge is 2.18. The number of pyridine rings is 1. The Morgan fingerprint density at radius 1 is 1.39 bits per heavy atom. The number of nitrogen functional groups attached to an aromatic ring is 1. The van der Waals surface area contributed by atoms with Gasteiger partial charge in [-0.2, -0.15) is 0 Å².